The minimum Gasteiger partial charge on any atom is -0.464 e. The Morgan fingerprint density at radius 2 is 2.22 bits per heavy atom. The topological polar surface area (TPSA) is 85.2 Å². The Bertz CT molecular complexity index is 591. The summed E-state index contributed by atoms with van der Waals surface area (Å²) >= 11 is 0. The van der Waals surface area contributed by atoms with Crippen LogP contribution in [0.3, 0.4) is 0 Å². The molecule has 0 fully saturated rings. The molecule has 1 atom stereocenters. The van der Waals surface area contributed by atoms with Crippen LogP contribution in [0.5, 0.6) is 0 Å². The molecule has 1 unspecified atom stereocenters. The molecule has 1 heterocycles. The average Bonchev–Trinajstić information content (AvgIpc) is 2.78. The molecule has 18 heavy (non-hydrogen) atoms. The minimum absolute atomic E-state index is 0.0175. The van der Waals surface area contributed by atoms with Crippen molar-refractivity contribution in [1.82, 2.24) is 4.98 Å². The van der Waals surface area contributed by atoms with Crippen LogP contribution in [0.1, 0.15) is 5.56 Å². The number of esters is 1. The highest BCUT2D eigenvalue weighted by molar-refractivity contribution is 5.84. The van der Waals surface area contributed by atoms with Crippen LogP contribution in [0.15, 0.2) is 30.5 Å². The Labute approximate surface area is 103 Å². The maximum absolute atomic E-state index is 11.3. The molecule has 2 aromatic rings. The first-order valence-electron chi connectivity index (χ1n) is 5.40. The fourth-order valence-corrected chi connectivity index (χ4v) is 1.89. The molecular weight excluding hydrogens is 236 g/mol. The van der Waals surface area contributed by atoms with Crippen LogP contribution in [0, 0.1) is 10.1 Å². The van der Waals surface area contributed by atoms with Gasteiger partial charge in [-0.1, -0.05) is 18.2 Å². The third-order valence-corrected chi connectivity index (χ3v) is 2.82. The van der Waals surface area contributed by atoms with Crippen LogP contribution < -0.4 is 0 Å². The van der Waals surface area contributed by atoms with Crippen molar-refractivity contribution in [3.8, 4) is 0 Å². The molecule has 1 N–H and O–H groups in total. The first kappa shape index (κ1) is 12.1. The van der Waals surface area contributed by atoms with Crippen molar-refractivity contribution in [3.05, 3.63) is 46.1 Å². The number of hydrogen-bond acceptors (Lipinski definition) is 4. The van der Waals surface area contributed by atoms with E-state index in [0.29, 0.717) is 0 Å². The zero-order valence-electron chi connectivity index (χ0n) is 9.75. The summed E-state index contributed by atoms with van der Waals surface area (Å²) in [5, 5.41) is 11.7. The van der Waals surface area contributed by atoms with Gasteiger partial charge in [0.2, 0.25) is 0 Å². The zero-order valence-corrected chi connectivity index (χ0v) is 9.75. The molecule has 1 aromatic carbocycles. The fourth-order valence-electron chi connectivity index (χ4n) is 1.89. The van der Waals surface area contributed by atoms with E-state index >= 15 is 0 Å². The van der Waals surface area contributed by atoms with Crippen LogP contribution in [0.2, 0.25) is 0 Å². The number of para-hydroxylation sites is 1. The number of aromatic nitrogens is 1. The molecule has 0 saturated heterocycles. The third-order valence-electron chi connectivity index (χ3n) is 2.82. The summed E-state index contributed by atoms with van der Waals surface area (Å²) in [4.78, 5) is 24.6. The number of carbonyl (C=O) groups is 1. The van der Waals surface area contributed by atoms with E-state index in [0.717, 1.165) is 23.6 Å². The summed E-state index contributed by atoms with van der Waals surface area (Å²) in [6.45, 7) is 0. The second-order valence-corrected chi connectivity index (χ2v) is 3.89. The Morgan fingerprint density at radius 1 is 1.50 bits per heavy atom. The predicted molar refractivity (Wildman–Crippen MR) is 64.8 cm³/mol. The molecule has 0 radical (unpaired) electrons. The number of methoxy groups -OCH3 is 1. The Hall–Kier alpha value is -2.37. The van der Waals surface area contributed by atoms with Gasteiger partial charge in [0.15, 0.2) is 0 Å². The summed E-state index contributed by atoms with van der Waals surface area (Å²) in [6, 6.07) is 6.08. The molecular formula is C12H12N2O4. The van der Waals surface area contributed by atoms with E-state index in [1.54, 1.807) is 6.20 Å². The summed E-state index contributed by atoms with van der Waals surface area (Å²) in [6.07, 6.45) is 1.70. The summed E-state index contributed by atoms with van der Waals surface area (Å²) < 4.78 is 4.44. The van der Waals surface area contributed by atoms with E-state index < -0.39 is 16.9 Å². The van der Waals surface area contributed by atoms with E-state index in [1.807, 2.05) is 24.3 Å². The van der Waals surface area contributed by atoms with Gasteiger partial charge in [-0.25, -0.2) is 4.79 Å². The molecule has 0 amide bonds. The number of H-pyrrole nitrogens is 1. The smallest absolute Gasteiger partial charge is 0.381 e. The van der Waals surface area contributed by atoms with Gasteiger partial charge in [0.05, 0.1) is 13.5 Å². The molecule has 0 aliphatic carbocycles. The number of ether oxygens (including phenoxy) is 1. The van der Waals surface area contributed by atoms with Crippen LogP contribution >= 0.6 is 0 Å². The second kappa shape index (κ2) is 4.87. The van der Waals surface area contributed by atoms with E-state index in [1.165, 1.54) is 0 Å². The van der Waals surface area contributed by atoms with Crippen molar-refractivity contribution in [1.29, 1.82) is 0 Å². The quantitative estimate of drug-likeness (QED) is 0.505. The molecule has 0 saturated carbocycles. The second-order valence-electron chi connectivity index (χ2n) is 3.89. The monoisotopic (exact) mass is 248 g/mol. The molecule has 94 valence electrons. The zero-order chi connectivity index (χ0) is 13.1. The maximum Gasteiger partial charge on any atom is 0.381 e. The van der Waals surface area contributed by atoms with Crippen molar-refractivity contribution in [2.75, 3.05) is 7.11 Å². The van der Waals surface area contributed by atoms with Crippen molar-refractivity contribution >= 4 is 16.9 Å². The Balaban J connectivity index is 2.32. The molecule has 0 aliphatic heterocycles. The fraction of sp³-hybridized carbons (Fsp3) is 0.250. The SMILES string of the molecule is COC(=O)C(Cc1c[nH]c2ccccc12)[N+](=O)[O-]. The van der Waals surface area contributed by atoms with Crippen LogP contribution in [0.4, 0.5) is 0 Å². The molecule has 0 spiro atoms. The van der Waals surface area contributed by atoms with Gasteiger partial charge in [-0.15, -0.1) is 0 Å². The minimum atomic E-state index is -1.37. The third kappa shape index (κ3) is 2.17. The largest absolute Gasteiger partial charge is 0.464 e. The number of nitrogens with zero attached hydrogens (tertiary/aromatic N) is 1. The van der Waals surface area contributed by atoms with E-state index in [9.17, 15) is 14.9 Å². The number of benzene rings is 1. The maximum atomic E-state index is 11.3. The van der Waals surface area contributed by atoms with Crippen LogP contribution in [0.25, 0.3) is 10.9 Å². The van der Waals surface area contributed by atoms with E-state index in [4.69, 9.17) is 0 Å². The molecule has 6 nitrogen and oxygen atoms in total. The van der Waals surface area contributed by atoms with Crippen molar-refractivity contribution in [2.45, 2.75) is 12.5 Å². The predicted octanol–water partition coefficient (Wildman–Crippen LogP) is 1.53. The Morgan fingerprint density at radius 3 is 2.89 bits per heavy atom. The van der Waals surface area contributed by atoms with Gasteiger partial charge in [-0.2, -0.15) is 0 Å². The van der Waals surface area contributed by atoms with Crippen molar-refractivity contribution < 1.29 is 14.5 Å². The first-order valence-corrected chi connectivity index (χ1v) is 5.40. The lowest BCUT2D eigenvalue weighted by Crippen LogP contribution is -2.32. The standard InChI is InChI=1S/C12H12N2O4/c1-18-12(15)11(14(16)17)6-8-7-13-10-5-3-2-4-9(8)10/h2-5,7,11,13H,6H2,1H3. The lowest BCUT2D eigenvalue weighted by atomic mass is 10.1. The highest BCUT2D eigenvalue weighted by Gasteiger charge is 2.31. The molecule has 0 aliphatic rings. The lowest BCUT2D eigenvalue weighted by Gasteiger charge is -2.06. The summed E-state index contributed by atoms with van der Waals surface area (Å²) in [5.74, 6) is -0.828. The number of aromatic amines is 1. The summed E-state index contributed by atoms with van der Waals surface area (Å²) in [7, 11) is 1.15. The van der Waals surface area contributed by atoms with Crippen LogP contribution in [-0.4, -0.2) is 29.0 Å². The number of rotatable bonds is 4. The average molecular weight is 248 g/mol. The van der Waals surface area contributed by atoms with Gasteiger partial charge >= 0.3 is 12.0 Å². The normalized spacial score (nSPS) is 12.3. The number of nitro groups is 1. The van der Waals surface area contributed by atoms with Crippen molar-refractivity contribution in [2.24, 2.45) is 0 Å². The van der Waals surface area contributed by atoms with Gasteiger partial charge < -0.3 is 9.72 Å². The number of nitrogens with one attached hydrogen (secondary N) is 1. The van der Waals surface area contributed by atoms with Gasteiger partial charge in [0.25, 0.3) is 0 Å². The van der Waals surface area contributed by atoms with E-state index in [-0.39, 0.29) is 6.42 Å². The number of hydrogen-bond donors (Lipinski definition) is 1. The number of carbonyl (C=O) groups excluding carboxylic acids is 1. The van der Waals surface area contributed by atoms with E-state index in [2.05, 4.69) is 9.72 Å². The summed E-state index contributed by atoms with van der Waals surface area (Å²) in [5.41, 5.74) is 1.62. The van der Waals surface area contributed by atoms with Crippen LogP contribution in [-0.2, 0) is 16.0 Å². The van der Waals surface area contributed by atoms with Gasteiger partial charge in [-0.05, 0) is 11.6 Å². The van der Waals surface area contributed by atoms with Gasteiger partial charge in [-0.3, -0.25) is 10.1 Å². The highest BCUT2D eigenvalue weighted by atomic mass is 16.6. The van der Waals surface area contributed by atoms with Crippen molar-refractivity contribution in [3.63, 3.8) is 0 Å². The highest BCUT2D eigenvalue weighted by Crippen LogP contribution is 2.19. The number of fused-ring (bicyclic) bond motifs is 1. The Kier molecular flexibility index (Phi) is 3.27. The van der Waals surface area contributed by atoms with Gasteiger partial charge in [0.1, 0.15) is 0 Å². The molecule has 2 rings (SSSR count). The van der Waals surface area contributed by atoms with Gasteiger partial charge in [0, 0.05) is 22.0 Å². The first-order chi connectivity index (χ1) is 8.63. The molecule has 6 heteroatoms. The molecule has 1 aromatic heterocycles. The molecule has 0 bridgehead atoms. The lowest BCUT2D eigenvalue weighted by molar-refractivity contribution is -0.509.